The molecule has 1 heterocycles. The fourth-order valence-electron chi connectivity index (χ4n) is 3.30. The summed E-state index contributed by atoms with van der Waals surface area (Å²) in [4.78, 5) is 12.1. The highest BCUT2D eigenvalue weighted by Crippen LogP contribution is 2.41. The minimum atomic E-state index is -0.307. The quantitative estimate of drug-likeness (QED) is 0.356. The van der Waals surface area contributed by atoms with Crippen molar-refractivity contribution in [2.75, 3.05) is 26.8 Å². The number of esters is 1. The molecule has 0 saturated carbocycles. The first-order valence-electron chi connectivity index (χ1n) is 7.52. The first kappa shape index (κ1) is 18.5. The van der Waals surface area contributed by atoms with Crippen LogP contribution in [0.25, 0.3) is 0 Å². The van der Waals surface area contributed by atoms with Crippen molar-refractivity contribution in [2.45, 2.75) is 40.0 Å². The molecule has 1 atom stereocenters. The van der Waals surface area contributed by atoms with E-state index in [4.69, 9.17) is 9.47 Å². The van der Waals surface area contributed by atoms with Crippen molar-refractivity contribution in [1.82, 2.24) is 0 Å². The third-order valence-corrected chi connectivity index (χ3v) is 4.27. The maximum atomic E-state index is 12.1. The summed E-state index contributed by atoms with van der Waals surface area (Å²) in [7, 11) is 1.45. The first-order valence-corrected chi connectivity index (χ1v) is 7.52. The molecule has 1 aliphatic heterocycles. The molecular formula is C16H26INO3. The van der Waals surface area contributed by atoms with Crippen LogP contribution >= 0.6 is 0 Å². The average molecular weight is 407 g/mol. The molecule has 0 radical (unpaired) electrons. The van der Waals surface area contributed by atoms with Crippen molar-refractivity contribution in [1.29, 1.82) is 0 Å². The molecule has 5 heteroatoms. The number of allylic oxidation sites excluding steroid dienone is 1. The maximum absolute atomic E-state index is 12.1. The number of carbonyl (C=O) groups is 1. The number of hydrogen-bond donors (Lipinski definition) is 0. The van der Waals surface area contributed by atoms with E-state index < -0.39 is 0 Å². The van der Waals surface area contributed by atoms with Gasteiger partial charge in [-0.2, -0.15) is 0 Å². The van der Waals surface area contributed by atoms with Crippen LogP contribution < -0.4 is 24.0 Å². The van der Waals surface area contributed by atoms with Gasteiger partial charge in [0.1, 0.15) is 24.8 Å². The zero-order valence-electron chi connectivity index (χ0n) is 13.4. The monoisotopic (exact) mass is 407 g/mol. The second-order valence-corrected chi connectivity index (χ2v) is 6.29. The van der Waals surface area contributed by atoms with Gasteiger partial charge < -0.3 is 33.5 Å². The van der Waals surface area contributed by atoms with Gasteiger partial charge >= 0.3 is 5.97 Å². The predicted octanol–water partition coefficient (Wildman–Crippen LogP) is -0.623. The number of halogens is 1. The lowest BCUT2D eigenvalue weighted by atomic mass is 9.70. The fourth-order valence-corrected chi connectivity index (χ4v) is 3.30. The van der Waals surface area contributed by atoms with E-state index in [9.17, 15) is 4.79 Å². The second kappa shape index (κ2) is 7.61. The van der Waals surface area contributed by atoms with Crippen LogP contribution in [0.4, 0.5) is 0 Å². The van der Waals surface area contributed by atoms with Crippen LogP contribution in [0.3, 0.4) is 0 Å². The summed E-state index contributed by atoms with van der Waals surface area (Å²) in [5, 5.41) is 0. The van der Waals surface area contributed by atoms with Crippen LogP contribution in [-0.4, -0.2) is 43.1 Å². The molecule has 0 aromatic carbocycles. The van der Waals surface area contributed by atoms with E-state index in [0.717, 1.165) is 25.3 Å². The van der Waals surface area contributed by atoms with Crippen molar-refractivity contribution in [3.8, 4) is 0 Å². The van der Waals surface area contributed by atoms with E-state index in [1.54, 1.807) is 0 Å². The zero-order chi connectivity index (χ0) is 14.8. The highest BCUT2D eigenvalue weighted by molar-refractivity contribution is 5.95. The fraction of sp³-hybridized carbons (Fsp3) is 0.750. The van der Waals surface area contributed by atoms with Crippen LogP contribution in [0.5, 0.6) is 0 Å². The lowest BCUT2D eigenvalue weighted by Gasteiger charge is -2.36. The molecule has 0 spiro atoms. The minimum absolute atomic E-state index is 0. The SMILES string of the molecule is CCOC1=CC(=[N+]2CCCC2)CC(C)(C)C1C(=O)OC.[I-]. The average Bonchev–Trinajstić information content (AvgIpc) is 2.90. The zero-order valence-corrected chi connectivity index (χ0v) is 15.6. The number of methoxy groups -OCH3 is 1. The molecule has 0 aromatic heterocycles. The Labute approximate surface area is 144 Å². The van der Waals surface area contributed by atoms with E-state index >= 15 is 0 Å². The summed E-state index contributed by atoms with van der Waals surface area (Å²) in [6.45, 7) is 9.00. The van der Waals surface area contributed by atoms with Crippen LogP contribution in [-0.2, 0) is 14.3 Å². The van der Waals surface area contributed by atoms with Crippen molar-refractivity contribution < 1.29 is 42.8 Å². The van der Waals surface area contributed by atoms with E-state index in [2.05, 4.69) is 24.5 Å². The topological polar surface area (TPSA) is 38.5 Å². The predicted molar refractivity (Wildman–Crippen MR) is 77.8 cm³/mol. The molecular weight excluding hydrogens is 381 g/mol. The van der Waals surface area contributed by atoms with Crippen molar-refractivity contribution in [3.05, 3.63) is 11.8 Å². The van der Waals surface area contributed by atoms with Crippen LogP contribution in [0.15, 0.2) is 11.8 Å². The Balaban J connectivity index is 0.00000220. The van der Waals surface area contributed by atoms with E-state index in [0.29, 0.717) is 6.61 Å². The molecule has 4 nitrogen and oxygen atoms in total. The molecule has 120 valence electrons. The molecule has 21 heavy (non-hydrogen) atoms. The summed E-state index contributed by atoms with van der Waals surface area (Å²) in [6, 6.07) is 0. The molecule has 1 saturated heterocycles. The van der Waals surface area contributed by atoms with Gasteiger partial charge in [0, 0.05) is 25.3 Å². The molecule has 2 aliphatic rings. The van der Waals surface area contributed by atoms with Gasteiger partial charge in [-0.25, -0.2) is 4.58 Å². The minimum Gasteiger partial charge on any atom is -1.00 e. The van der Waals surface area contributed by atoms with Crippen molar-refractivity contribution in [2.24, 2.45) is 11.3 Å². The van der Waals surface area contributed by atoms with Gasteiger partial charge in [0.2, 0.25) is 0 Å². The van der Waals surface area contributed by atoms with Gasteiger partial charge in [-0.15, -0.1) is 0 Å². The van der Waals surface area contributed by atoms with Gasteiger partial charge in [-0.05, 0) is 12.3 Å². The number of rotatable bonds is 3. The Kier molecular flexibility index (Phi) is 6.69. The summed E-state index contributed by atoms with van der Waals surface area (Å²) in [5.41, 5.74) is 1.13. The molecule has 0 aromatic rings. The number of ether oxygens (including phenoxy) is 2. The first-order chi connectivity index (χ1) is 9.49. The molecule has 0 N–H and O–H groups in total. The van der Waals surface area contributed by atoms with Gasteiger partial charge in [0.25, 0.3) is 0 Å². The van der Waals surface area contributed by atoms with Gasteiger partial charge in [-0.3, -0.25) is 4.79 Å². The molecule has 0 amide bonds. The molecule has 1 fully saturated rings. The Morgan fingerprint density at radius 2 is 2.00 bits per heavy atom. The van der Waals surface area contributed by atoms with Gasteiger partial charge in [0.05, 0.1) is 13.7 Å². The Hall–Kier alpha value is -0.590. The van der Waals surface area contributed by atoms with E-state index in [1.807, 2.05) is 6.92 Å². The normalized spacial score (nSPS) is 24.2. The summed E-state index contributed by atoms with van der Waals surface area (Å²) in [6.07, 6.45) is 5.47. The third kappa shape index (κ3) is 3.99. The molecule has 1 aliphatic carbocycles. The lowest BCUT2D eigenvalue weighted by Crippen LogP contribution is -3.00. The van der Waals surface area contributed by atoms with E-state index in [-0.39, 0.29) is 41.3 Å². The largest absolute Gasteiger partial charge is 1.00 e. The van der Waals surface area contributed by atoms with Crippen molar-refractivity contribution >= 4 is 11.7 Å². The maximum Gasteiger partial charge on any atom is 0.316 e. The summed E-state index contributed by atoms with van der Waals surface area (Å²) < 4.78 is 13.2. The summed E-state index contributed by atoms with van der Waals surface area (Å²) >= 11 is 0. The molecule has 0 bridgehead atoms. The van der Waals surface area contributed by atoms with Crippen molar-refractivity contribution in [3.63, 3.8) is 0 Å². The number of hydrogen-bond acceptors (Lipinski definition) is 3. The third-order valence-electron chi connectivity index (χ3n) is 4.27. The van der Waals surface area contributed by atoms with E-state index in [1.165, 1.54) is 25.7 Å². The Morgan fingerprint density at radius 3 is 2.52 bits per heavy atom. The number of carbonyl (C=O) groups excluding carboxylic acids is 1. The summed E-state index contributed by atoms with van der Waals surface area (Å²) in [5.74, 6) is 0.256. The van der Waals surface area contributed by atoms with Crippen LogP contribution in [0.2, 0.25) is 0 Å². The highest BCUT2D eigenvalue weighted by Gasteiger charge is 2.46. The standard InChI is InChI=1S/C16H26NO3.HI/c1-5-20-13-10-12(17-8-6-7-9-17)11-16(2,3)14(13)15(18)19-4;/h10,14H,5-9,11H2,1-4H3;1H/q+1;/p-1. The smallest absolute Gasteiger partial charge is 0.316 e. The molecule has 1 unspecified atom stereocenters. The van der Waals surface area contributed by atoms with Crippen LogP contribution in [0, 0.1) is 11.3 Å². The van der Waals surface area contributed by atoms with Gasteiger partial charge in [0.15, 0.2) is 5.71 Å². The lowest BCUT2D eigenvalue weighted by molar-refractivity contribution is -0.507. The Morgan fingerprint density at radius 1 is 1.38 bits per heavy atom. The number of nitrogens with zero attached hydrogens (tertiary/aromatic N) is 1. The highest BCUT2D eigenvalue weighted by atomic mass is 127. The van der Waals surface area contributed by atoms with Crippen LogP contribution in [0.1, 0.15) is 40.0 Å². The molecule has 2 rings (SSSR count). The van der Waals surface area contributed by atoms with Gasteiger partial charge in [-0.1, -0.05) is 13.8 Å². The Bertz CT molecular complexity index is 446. The second-order valence-electron chi connectivity index (χ2n) is 6.29.